The topological polar surface area (TPSA) is 115 Å². The van der Waals surface area contributed by atoms with Crippen LogP contribution in [0.4, 0.5) is 4.79 Å². The van der Waals surface area contributed by atoms with Crippen LogP contribution in [0.25, 0.3) is 0 Å². The van der Waals surface area contributed by atoms with Crippen LogP contribution in [0.1, 0.15) is 137 Å². The third-order valence-electron chi connectivity index (χ3n) is 9.02. The zero-order valence-corrected chi connectivity index (χ0v) is 26.4. The Morgan fingerprint density at radius 1 is 0.902 bits per heavy atom. The van der Waals surface area contributed by atoms with Gasteiger partial charge in [0, 0.05) is 17.5 Å². The van der Waals surface area contributed by atoms with E-state index in [1.54, 1.807) is 13.8 Å². The van der Waals surface area contributed by atoms with Gasteiger partial charge in [-0.1, -0.05) is 78.6 Å². The molecule has 3 fully saturated rings. The van der Waals surface area contributed by atoms with E-state index >= 15 is 0 Å². The number of amides is 3. The van der Waals surface area contributed by atoms with Crippen molar-refractivity contribution in [1.82, 2.24) is 16.0 Å². The van der Waals surface area contributed by atoms with Crippen molar-refractivity contribution >= 4 is 17.9 Å². The van der Waals surface area contributed by atoms with Gasteiger partial charge in [-0.25, -0.2) is 4.79 Å². The van der Waals surface area contributed by atoms with Crippen molar-refractivity contribution < 1.29 is 28.6 Å². The lowest BCUT2D eigenvalue weighted by Crippen LogP contribution is -2.56. The molecule has 3 N–H and O–H groups in total. The predicted octanol–water partition coefficient (Wildman–Crippen LogP) is 5.89. The Balaban J connectivity index is 1.43. The second-order valence-corrected chi connectivity index (χ2v) is 13.7. The molecule has 0 spiro atoms. The summed E-state index contributed by atoms with van der Waals surface area (Å²) in [7, 11) is 0. The molecular weight excluding hydrogens is 522 g/mol. The van der Waals surface area contributed by atoms with Gasteiger partial charge in [0.15, 0.2) is 5.79 Å². The highest BCUT2D eigenvalue weighted by atomic mass is 16.7. The van der Waals surface area contributed by atoms with E-state index in [4.69, 9.17) is 14.2 Å². The van der Waals surface area contributed by atoms with Crippen molar-refractivity contribution in [3.63, 3.8) is 0 Å². The molecule has 0 aromatic rings. The van der Waals surface area contributed by atoms with Crippen LogP contribution in [-0.4, -0.2) is 60.6 Å². The Hall–Kier alpha value is -1.87. The first-order valence-corrected chi connectivity index (χ1v) is 16.3. The number of esters is 1. The standard InChI is InChI=1S/C32H57N3O6/c1-6-7-8-9-10-13-19-32(20-14-15-21-32)35-29(38)34-24-16-11-12-17-25(24)40-26(36)18-22-33-28(37)27-30(2,3)23-39-31(4,5)41-27/h24-25,27H,6-23H2,1-5H3,(H,33,37)(H2,34,35,38). The van der Waals surface area contributed by atoms with Crippen LogP contribution in [0.2, 0.25) is 0 Å². The molecule has 3 amide bonds. The number of urea groups is 1. The number of unbranched alkanes of at least 4 members (excludes halogenated alkanes) is 5. The molecule has 0 bridgehead atoms. The lowest BCUT2D eigenvalue weighted by Gasteiger charge is -2.44. The summed E-state index contributed by atoms with van der Waals surface area (Å²) >= 11 is 0. The maximum Gasteiger partial charge on any atom is 0.315 e. The normalized spacial score (nSPS) is 26.6. The van der Waals surface area contributed by atoms with E-state index in [1.165, 1.54) is 32.1 Å². The zero-order chi connectivity index (χ0) is 29.9. The Bertz CT molecular complexity index is 854. The number of rotatable bonds is 14. The molecule has 2 saturated carbocycles. The summed E-state index contributed by atoms with van der Waals surface area (Å²) in [5.41, 5.74) is -0.584. The van der Waals surface area contributed by atoms with Crippen LogP contribution in [0.3, 0.4) is 0 Å². The van der Waals surface area contributed by atoms with Crippen molar-refractivity contribution in [1.29, 1.82) is 0 Å². The molecule has 1 heterocycles. The van der Waals surface area contributed by atoms with Gasteiger partial charge in [-0.05, 0) is 52.4 Å². The summed E-state index contributed by atoms with van der Waals surface area (Å²) < 4.78 is 17.4. The average molecular weight is 580 g/mol. The predicted molar refractivity (Wildman–Crippen MR) is 159 cm³/mol. The molecule has 0 radical (unpaired) electrons. The van der Waals surface area contributed by atoms with Crippen LogP contribution < -0.4 is 16.0 Å². The molecule has 3 aliphatic rings. The highest BCUT2D eigenvalue weighted by Crippen LogP contribution is 2.36. The molecule has 2 aliphatic carbocycles. The number of nitrogens with one attached hydrogen (secondary N) is 3. The first-order chi connectivity index (χ1) is 19.5. The van der Waals surface area contributed by atoms with Gasteiger partial charge in [-0.3, -0.25) is 9.59 Å². The minimum atomic E-state index is -0.836. The fourth-order valence-electron chi connectivity index (χ4n) is 6.51. The molecule has 0 aromatic carbocycles. The Morgan fingerprint density at radius 3 is 2.32 bits per heavy atom. The van der Waals surface area contributed by atoms with Gasteiger partial charge >= 0.3 is 12.0 Å². The Labute approximate surface area is 248 Å². The number of hydrogen-bond acceptors (Lipinski definition) is 6. The number of hydrogen-bond donors (Lipinski definition) is 3. The maximum absolute atomic E-state index is 13.1. The first-order valence-electron chi connectivity index (χ1n) is 16.3. The Morgan fingerprint density at radius 2 is 1.59 bits per heavy atom. The van der Waals surface area contributed by atoms with Gasteiger partial charge in [0.2, 0.25) is 5.91 Å². The van der Waals surface area contributed by atoms with Crippen molar-refractivity contribution in [2.24, 2.45) is 5.41 Å². The lowest BCUT2D eigenvalue weighted by atomic mass is 9.85. The van der Waals surface area contributed by atoms with Crippen LogP contribution in [0, 0.1) is 5.41 Å². The van der Waals surface area contributed by atoms with E-state index in [2.05, 4.69) is 22.9 Å². The molecule has 3 atom stereocenters. The third-order valence-corrected chi connectivity index (χ3v) is 9.02. The monoisotopic (exact) mass is 579 g/mol. The molecule has 9 heteroatoms. The Kier molecular flexibility index (Phi) is 12.8. The zero-order valence-electron chi connectivity index (χ0n) is 26.4. The summed E-state index contributed by atoms with van der Waals surface area (Å²) in [6.45, 7) is 10.2. The van der Waals surface area contributed by atoms with Gasteiger partial charge in [-0.2, -0.15) is 0 Å². The van der Waals surface area contributed by atoms with Crippen molar-refractivity contribution in [2.75, 3.05) is 13.2 Å². The minimum absolute atomic E-state index is 0.0650. The van der Waals surface area contributed by atoms with Crippen LogP contribution >= 0.6 is 0 Å². The molecule has 236 valence electrons. The van der Waals surface area contributed by atoms with Gasteiger partial charge in [0.1, 0.15) is 12.2 Å². The van der Waals surface area contributed by atoms with Gasteiger partial charge in [0.05, 0.1) is 19.1 Å². The maximum atomic E-state index is 13.1. The molecule has 0 aromatic heterocycles. The quantitative estimate of drug-likeness (QED) is 0.175. The second kappa shape index (κ2) is 15.6. The number of carbonyl (C=O) groups is 3. The van der Waals surface area contributed by atoms with Crippen LogP contribution in [0.5, 0.6) is 0 Å². The van der Waals surface area contributed by atoms with Crippen molar-refractivity contribution in [2.45, 2.75) is 167 Å². The fraction of sp³-hybridized carbons (Fsp3) is 0.906. The van der Waals surface area contributed by atoms with E-state index in [0.717, 1.165) is 64.2 Å². The van der Waals surface area contributed by atoms with Crippen LogP contribution in [0.15, 0.2) is 0 Å². The van der Waals surface area contributed by atoms with E-state index in [1.807, 2.05) is 13.8 Å². The molecule has 1 saturated heterocycles. The largest absolute Gasteiger partial charge is 0.460 e. The fourth-order valence-corrected chi connectivity index (χ4v) is 6.51. The SMILES string of the molecule is CCCCCCCCC1(NC(=O)NC2CCCCC2OC(=O)CCNC(=O)C2OC(C)(C)OCC2(C)C)CCCC1. The summed E-state index contributed by atoms with van der Waals surface area (Å²) in [6.07, 6.45) is 15.5. The van der Waals surface area contributed by atoms with E-state index in [9.17, 15) is 14.4 Å². The average Bonchev–Trinajstić information content (AvgIpc) is 3.37. The highest BCUT2D eigenvalue weighted by Gasteiger charge is 2.45. The van der Waals surface area contributed by atoms with Gasteiger partial charge in [-0.15, -0.1) is 0 Å². The third kappa shape index (κ3) is 10.7. The number of ether oxygens (including phenoxy) is 3. The summed E-state index contributed by atoms with van der Waals surface area (Å²) in [6, 6.07) is -0.339. The van der Waals surface area contributed by atoms with E-state index < -0.39 is 17.3 Å². The molecule has 3 unspecified atom stereocenters. The van der Waals surface area contributed by atoms with Crippen molar-refractivity contribution in [3.05, 3.63) is 0 Å². The highest BCUT2D eigenvalue weighted by molar-refractivity contribution is 5.82. The molecule has 1 aliphatic heterocycles. The molecular formula is C32H57N3O6. The summed E-state index contributed by atoms with van der Waals surface area (Å²) in [5, 5.41) is 9.33. The number of carbonyl (C=O) groups excluding carboxylic acids is 3. The minimum Gasteiger partial charge on any atom is -0.460 e. The van der Waals surface area contributed by atoms with Crippen LogP contribution in [-0.2, 0) is 23.8 Å². The smallest absolute Gasteiger partial charge is 0.315 e. The van der Waals surface area contributed by atoms with Gasteiger partial charge < -0.3 is 30.2 Å². The molecule has 41 heavy (non-hydrogen) atoms. The summed E-state index contributed by atoms with van der Waals surface area (Å²) in [5.74, 6) is -1.46. The summed E-state index contributed by atoms with van der Waals surface area (Å²) in [4.78, 5) is 38.7. The van der Waals surface area contributed by atoms with E-state index in [0.29, 0.717) is 6.61 Å². The second-order valence-electron chi connectivity index (χ2n) is 13.7. The molecule has 9 nitrogen and oxygen atoms in total. The lowest BCUT2D eigenvalue weighted by molar-refractivity contribution is -0.304. The first kappa shape index (κ1) is 33.6. The van der Waals surface area contributed by atoms with Gasteiger partial charge in [0.25, 0.3) is 0 Å². The molecule has 3 rings (SSSR count). The van der Waals surface area contributed by atoms with Crippen molar-refractivity contribution in [3.8, 4) is 0 Å². The van der Waals surface area contributed by atoms with E-state index in [-0.39, 0.29) is 48.6 Å².